The Kier molecular flexibility index (Phi) is 4.84. The lowest BCUT2D eigenvalue weighted by Crippen LogP contribution is -1.89. The van der Waals surface area contributed by atoms with E-state index < -0.39 is 0 Å². The van der Waals surface area contributed by atoms with Gasteiger partial charge in [0, 0.05) is 37.9 Å². The molecule has 25 heavy (non-hydrogen) atoms. The zero-order valence-corrected chi connectivity index (χ0v) is 16.0. The van der Waals surface area contributed by atoms with Crippen LogP contribution in [0.5, 0.6) is 0 Å². The normalized spacial score (nSPS) is 11.3. The third-order valence-electron chi connectivity index (χ3n) is 3.88. The van der Waals surface area contributed by atoms with Gasteiger partial charge in [0.05, 0.1) is 16.1 Å². The molecule has 0 aliphatic heterocycles. The van der Waals surface area contributed by atoms with E-state index in [1.54, 1.807) is 23.5 Å². The molecule has 2 heterocycles. The summed E-state index contributed by atoms with van der Waals surface area (Å²) in [5.41, 5.74) is 1.91. The predicted octanol–water partition coefficient (Wildman–Crippen LogP) is 6.70. The van der Waals surface area contributed by atoms with E-state index >= 15 is 0 Å². The molecule has 2 aromatic heterocycles. The summed E-state index contributed by atoms with van der Waals surface area (Å²) in [6.45, 7) is 2.15. The molecule has 4 aromatic rings. The maximum absolute atomic E-state index is 6.69. The first-order valence-electron chi connectivity index (χ1n) is 7.99. The Morgan fingerprint density at radius 3 is 2.16 bits per heavy atom. The molecule has 0 unspecified atom stereocenters. The maximum Gasteiger partial charge on any atom is 0.0717 e. The number of benzene rings is 2. The molecule has 0 fully saturated rings. The molecule has 0 amide bonds. The topological polar surface area (TPSA) is 25.8 Å². The summed E-state index contributed by atoms with van der Waals surface area (Å²) in [6.07, 6.45) is 3.83. The van der Waals surface area contributed by atoms with E-state index in [1.807, 2.05) is 48.8 Å². The van der Waals surface area contributed by atoms with Gasteiger partial charge in [-0.1, -0.05) is 66.7 Å². The van der Waals surface area contributed by atoms with Crippen LogP contribution in [0.2, 0.25) is 5.02 Å². The van der Waals surface area contributed by atoms with E-state index in [9.17, 15) is 0 Å². The molecule has 0 atom stereocenters. The average molecular weight is 383 g/mol. The highest BCUT2D eigenvalue weighted by Gasteiger charge is 2.14. The van der Waals surface area contributed by atoms with Crippen molar-refractivity contribution in [3.8, 4) is 0 Å². The van der Waals surface area contributed by atoms with Gasteiger partial charge in [-0.25, -0.2) is 0 Å². The fourth-order valence-corrected chi connectivity index (χ4v) is 5.00. The van der Waals surface area contributed by atoms with Crippen molar-refractivity contribution in [1.29, 1.82) is 0 Å². The van der Waals surface area contributed by atoms with Gasteiger partial charge >= 0.3 is 0 Å². The Morgan fingerprint density at radius 2 is 1.44 bits per heavy atom. The van der Waals surface area contributed by atoms with Gasteiger partial charge in [-0.3, -0.25) is 9.97 Å². The van der Waals surface area contributed by atoms with Gasteiger partial charge in [-0.05, 0) is 17.9 Å². The summed E-state index contributed by atoms with van der Waals surface area (Å²) in [7, 11) is 0. The molecule has 2 aromatic carbocycles. The number of hydrogen-bond donors (Lipinski definition) is 0. The smallest absolute Gasteiger partial charge is 0.0717 e. The van der Waals surface area contributed by atoms with Gasteiger partial charge < -0.3 is 0 Å². The fourth-order valence-electron chi connectivity index (χ4n) is 2.73. The van der Waals surface area contributed by atoms with Crippen molar-refractivity contribution in [2.75, 3.05) is 5.75 Å². The van der Waals surface area contributed by atoms with E-state index in [1.165, 1.54) is 9.79 Å². The number of para-hydroxylation sites is 2. The Balaban J connectivity index is 1.88. The molecular weight excluding hydrogens is 368 g/mol. The van der Waals surface area contributed by atoms with Crippen LogP contribution in [0.25, 0.3) is 21.8 Å². The number of hydrogen-bond acceptors (Lipinski definition) is 4. The van der Waals surface area contributed by atoms with Crippen molar-refractivity contribution < 1.29 is 0 Å². The molecule has 0 spiro atoms. The number of thioether (sulfide) groups is 1. The Morgan fingerprint density at radius 1 is 0.840 bits per heavy atom. The number of rotatable bonds is 4. The first kappa shape index (κ1) is 16.7. The quantitative estimate of drug-likeness (QED) is 0.367. The van der Waals surface area contributed by atoms with Gasteiger partial charge in [0.15, 0.2) is 0 Å². The number of fused-ring (bicyclic) bond motifs is 2. The molecule has 4 rings (SSSR count). The zero-order valence-electron chi connectivity index (χ0n) is 13.6. The summed E-state index contributed by atoms with van der Waals surface area (Å²) in [5, 5.41) is 2.89. The van der Waals surface area contributed by atoms with E-state index in [0.717, 1.165) is 37.5 Å². The molecule has 0 aliphatic carbocycles. The molecule has 0 radical (unpaired) electrons. The van der Waals surface area contributed by atoms with Crippen molar-refractivity contribution in [3.05, 3.63) is 65.9 Å². The first-order chi connectivity index (χ1) is 12.3. The fraction of sp³-hybridized carbons (Fsp3) is 0.100. The van der Waals surface area contributed by atoms with Crippen LogP contribution in [0.4, 0.5) is 0 Å². The highest BCUT2D eigenvalue weighted by molar-refractivity contribution is 8.02. The van der Waals surface area contributed by atoms with Crippen LogP contribution in [-0.2, 0) is 0 Å². The first-order valence-corrected chi connectivity index (χ1v) is 10.2. The second kappa shape index (κ2) is 7.24. The van der Waals surface area contributed by atoms with Crippen molar-refractivity contribution in [1.82, 2.24) is 9.97 Å². The van der Waals surface area contributed by atoms with Gasteiger partial charge in [0.1, 0.15) is 0 Å². The standard InChI is InChI=1S/C20H15ClN2S2/c1-2-24-18-12-23-16-10-6-4-8-14(16)20(18)25-17-11-22-15-9-5-3-7-13(15)19(17)21/h3-12H,2H2,1H3. The lowest BCUT2D eigenvalue weighted by atomic mass is 10.2. The van der Waals surface area contributed by atoms with Crippen LogP contribution in [0, 0.1) is 0 Å². The van der Waals surface area contributed by atoms with Crippen molar-refractivity contribution in [2.24, 2.45) is 0 Å². The lowest BCUT2D eigenvalue weighted by Gasteiger charge is -2.13. The monoisotopic (exact) mass is 382 g/mol. The van der Waals surface area contributed by atoms with E-state index in [-0.39, 0.29) is 0 Å². The van der Waals surface area contributed by atoms with Gasteiger partial charge in [-0.15, -0.1) is 11.8 Å². The second-order valence-electron chi connectivity index (χ2n) is 5.46. The Hall–Kier alpha value is -1.75. The lowest BCUT2D eigenvalue weighted by molar-refractivity contribution is 1.19. The molecule has 0 aliphatic rings. The molecular formula is C20H15ClN2S2. The molecule has 124 valence electrons. The Bertz CT molecular complexity index is 1070. The van der Waals surface area contributed by atoms with Crippen LogP contribution in [0.15, 0.2) is 75.6 Å². The van der Waals surface area contributed by atoms with Crippen molar-refractivity contribution in [2.45, 2.75) is 21.6 Å². The zero-order chi connectivity index (χ0) is 17.2. The van der Waals surface area contributed by atoms with Crippen LogP contribution >= 0.6 is 35.1 Å². The van der Waals surface area contributed by atoms with Crippen LogP contribution in [0.1, 0.15) is 6.92 Å². The van der Waals surface area contributed by atoms with Crippen LogP contribution in [-0.4, -0.2) is 15.7 Å². The number of halogens is 1. The molecule has 0 saturated heterocycles. The molecule has 2 nitrogen and oxygen atoms in total. The summed E-state index contributed by atoms with van der Waals surface area (Å²) >= 11 is 10.2. The average Bonchev–Trinajstić information content (AvgIpc) is 2.66. The number of aromatic nitrogens is 2. The minimum Gasteiger partial charge on any atom is -0.255 e. The summed E-state index contributed by atoms with van der Waals surface area (Å²) in [4.78, 5) is 12.5. The van der Waals surface area contributed by atoms with E-state index in [0.29, 0.717) is 0 Å². The van der Waals surface area contributed by atoms with Crippen molar-refractivity contribution in [3.63, 3.8) is 0 Å². The highest BCUT2D eigenvalue weighted by Crippen LogP contribution is 2.43. The maximum atomic E-state index is 6.69. The number of nitrogens with zero attached hydrogens (tertiary/aromatic N) is 2. The Labute approximate surface area is 160 Å². The summed E-state index contributed by atoms with van der Waals surface area (Å²) in [5.74, 6) is 0.997. The highest BCUT2D eigenvalue weighted by atomic mass is 35.5. The third kappa shape index (κ3) is 3.22. The van der Waals surface area contributed by atoms with Gasteiger partial charge in [0.25, 0.3) is 0 Å². The molecule has 0 saturated carbocycles. The minimum atomic E-state index is 0.754. The van der Waals surface area contributed by atoms with E-state index in [2.05, 4.69) is 29.0 Å². The third-order valence-corrected chi connectivity index (χ3v) is 6.61. The van der Waals surface area contributed by atoms with Gasteiger partial charge in [0.2, 0.25) is 0 Å². The van der Waals surface area contributed by atoms with Crippen LogP contribution in [0.3, 0.4) is 0 Å². The minimum absolute atomic E-state index is 0.754. The predicted molar refractivity (Wildman–Crippen MR) is 109 cm³/mol. The molecule has 5 heteroatoms. The van der Waals surface area contributed by atoms with E-state index in [4.69, 9.17) is 11.6 Å². The molecule has 0 bridgehead atoms. The largest absolute Gasteiger partial charge is 0.255 e. The van der Waals surface area contributed by atoms with Crippen molar-refractivity contribution >= 4 is 56.9 Å². The second-order valence-corrected chi connectivity index (χ2v) is 8.19. The summed E-state index contributed by atoms with van der Waals surface area (Å²) < 4.78 is 0. The summed E-state index contributed by atoms with van der Waals surface area (Å²) in [6, 6.07) is 16.2. The van der Waals surface area contributed by atoms with Crippen LogP contribution < -0.4 is 0 Å². The van der Waals surface area contributed by atoms with Gasteiger partial charge in [-0.2, -0.15) is 0 Å². The SMILES string of the molecule is CCSc1cnc2ccccc2c1Sc1cnc2ccccc2c1Cl. The number of pyridine rings is 2. The molecule has 0 N–H and O–H groups in total.